The van der Waals surface area contributed by atoms with Crippen molar-refractivity contribution in [1.82, 2.24) is 5.32 Å². The van der Waals surface area contributed by atoms with Crippen molar-refractivity contribution in [2.24, 2.45) is 0 Å². The van der Waals surface area contributed by atoms with Gasteiger partial charge in [0.15, 0.2) is 0 Å². The van der Waals surface area contributed by atoms with Crippen molar-refractivity contribution in [3.05, 3.63) is 59.1 Å². The number of hydrogen-bond donors (Lipinski definition) is 1. The number of methoxy groups -OCH3 is 1. The van der Waals surface area contributed by atoms with Crippen LogP contribution < -0.4 is 15.0 Å². The Hall–Kier alpha value is -2.57. The van der Waals surface area contributed by atoms with Crippen LogP contribution in [0.3, 0.4) is 0 Å². The van der Waals surface area contributed by atoms with E-state index >= 15 is 0 Å². The molecular weight excluding hydrogens is 356 g/mol. The van der Waals surface area contributed by atoms with Crippen LogP contribution in [-0.2, 0) is 9.53 Å². The molecule has 1 aliphatic heterocycles. The lowest BCUT2D eigenvalue weighted by Crippen LogP contribution is -2.50. The van der Waals surface area contributed by atoms with Gasteiger partial charge >= 0.3 is 0 Å². The molecular formula is C19H19ClN2O4. The number of halogens is 1. The highest BCUT2D eigenvalue weighted by molar-refractivity contribution is 6.30. The van der Waals surface area contributed by atoms with Gasteiger partial charge in [-0.1, -0.05) is 17.7 Å². The first-order valence-electron chi connectivity index (χ1n) is 8.16. The Morgan fingerprint density at radius 1 is 1.31 bits per heavy atom. The summed E-state index contributed by atoms with van der Waals surface area (Å²) >= 11 is 5.90. The monoisotopic (exact) mass is 374 g/mol. The topological polar surface area (TPSA) is 67.9 Å². The third-order valence-corrected chi connectivity index (χ3v) is 4.34. The summed E-state index contributed by atoms with van der Waals surface area (Å²) in [4.78, 5) is 26.1. The van der Waals surface area contributed by atoms with E-state index in [1.165, 1.54) is 0 Å². The van der Waals surface area contributed by atoms with Gasteiger partial charge < -0.3 is 19.7 Å². The molecule has 0 aromatic heterocycles. The summed E-state index contributed by atoms with van der Waals surface area (Å²) in [7, 11) is 1.55. The van der Waals surface area contributed by atoms with Crippen molar-refractivity contribution in [3.63, 3.8) is 0 Å². The predicted octanol–water partition coefficient (Wildman–Crippen LogP) is 2.51. The number of ether oxygens (including phenoxy) is 2. The van der Waals surface area contributed by atoms with Crippen molar-refractivity contribution in [3.8, 4) is 5.75 Å². The first kappa shape index (κ1) is 18.2. The van der Waals surface area contributed by atoms with Crippen LogP contribution in [0, 0.1) is 0 Å². The van der Waals surface area contributed by atoms with Crippen LogP contribution in [0.15, 0.2) is 48.5 Å². The lowest BCUT2D eigenvalue weighted by Gasteiger charge is -2.32. The second-order valence-corrected chi connectivity index (χ2v) is 6.29. The molecule has 1 N–H and O–H groups in total. The summed E-state index contributed by atoms with van der Waals surface area (Å²) in [5.74, 6) is 0.274. The van der Waals surface area contributed by atoms with Crippen molar-refractivity contribution < 1.29 is 19.1 Å². The molecule has 6 nitrogen and oxygen atoms in total. The van der Waals surface area contributed by atoms with E-state index in [2.05, 4.69) is 5.32 Å². The number of anilines is 1. The normalized spacial score (nSPS) is 17.1. The molecule has 1 unspecified atom stereocenters. The van der Waals surface area contributed by atoms with E-state index in [0.717, 1.165) is 5.69 Å². The van der Waals surface area contributed by atoms with Crippen LogP contribution in [0.1, 0.15) is 10.4 Å². The SMILES string of the molecule is COc1cccc(C(=O)NCC2CN(c3ccc(Cl)cc3)C(=O)CO2)c1. The van der Waals surface area contributed by atoms with Gasteiger partial charge in [0, 0.05) is 22.8 Å². The van der Waals surface area contributed by atoms with E-state index in [1.54, 1.807) is 60.5 Å². The number of rotatable bonds is 5. The molecule has 7 heteroatoms. The lowest BCUT2D eigenvalue weighted by molar-refractivity contribution is -0.129. The molecule has 2 aromatic carbocycles. The number of hydrogen-bond acceptors (Lipinski definition) is 4. The number of morpholine rings is 1. The first-order valence-corrected chi connectivity index (χ1v) is 8.54. The molecule has 136 valence electrons. The van der Waals surface area contributed by atoms with Crippen LogP contribution in [0.5, 0.6) is 5.75 Å². The van der Waals surface area contributed by atoms with E-state index in [-0.39, 0.29) is 24.5 Å². The van der Waals surface area contributed by atoms with Crippen LogP contribution in [0.2, 0.25) is 5.02 Å². The van der Waals surface area contributed by atoms with E-state index < -0.39 is 0 Å². The Morgan fingerprint density at radius 2 is 2.08 bits per heavy atom. The van der Waals surface area contributed by atoms with Gasteiger partial charge in [0.05, 0.1) is 19.8 Å². The quantitative estimate of drug-likeness (QED) is 0.873. The highest BCUT2D eigenvalue weighted by Crippen LogP contribution is 2.21. The Balaban J connectivity index is 1.60. The molecule has 1 atom stereocenters. The smallest absolute Gasteiger partial charge is 0.253 e. The summed E-state index contributed by atoms with van der Waals surface area (Å²) in [6.45, 7) is 0.634. The number of nitrogens with zero attached hydrogens (tertiary/aromatic N) is 1. The third-order valence-electron chi connectivity index (χ3n) is 4.09. The van der Waals surface area contributed by atoms with Gasteiger partial charge in [-0.15, -0.1) is 0 Å². The van der Waals surface area contributed by atoms with E-state index in [0.29, 0.717) is 29.4 Å². The van der Waals surface area contributed by atoms with Gasteiger partial charge in [-0.25, -0.2) is 0 Å². The van der Waals surface area contributed by atoms with Crippen molar-refractivity contribution in [2.75, 3.05) is 31.7 Å². The maximum Gasteiger partial charge on any atom is 0.253 e. The Kier molecular flexibility index (Phi) is 5.75. The standard InChI is InChI=1S/C19H19ClN2O4/c1-25-16-4-2-3-13(9-16)19(24)21-10-17-11-22(18(23)12-26-17)15-7-5-14(20)6-8-15/h2-9,17H,10-12H2,1H3,(H,21,24). The fraction of sp³-hybridized carbons (Fsp3) is 0.263. The number of carbonyl (C=O) groups is 2. The minimum absolute atomic E-state index is 0.0255. The highest BCUT2D eigenvalue weighted by Gasteiger charge is 2.27. The molecule has 0 aliphatic carbocycles. The maximum absolute atomic E-state index is 12.3. The van der Waals surface area contributed by atoms with Gasteiger partial charge in [-0.2, -0.15) is 0 Å². The molecule has 0 radical (unpaired) electrons. The average molecular weight is 375 g/mol. The largest absolute Gasteiger partial charge is 0.497 e. The molecule has 0 spiro atoms. The Labute approximate surface area is 156 Å². The number of carbonyl (C=O) groups excluding carboxylic acids is 2. The summed E-state index contributed by atoms with van der Waals surface area (Å²) in [5.41, 5.74) is 1.26. The Bertz CT molecular complexity index is 794. The molecule has 1 fully saturated rings. The molecule has 0 bridgehead atoms. The van der Waals surface area contributed by atoms with Gasteiger partial charge in [0.1, 0.15) is 12.4 Å². The lowest BCUT2D eigenvalue weighted by atomic mass is 10.2. The maximum atomic E-state index is 12.3. The molecule has 3 rings (SSSR count). The van der Waals surface area contributed by atoms with Crippen molar-refractivity contribution in [2.45, 2.75) is 6.10 Å². The average Bonchev–Trinajstić information content (AvgIpc) is 2.68. The molecule has 1 aliphatic rings. The predicted molar refractivity (Wildman–Crippen MR) is 98.9 cm³/mol. The number of amides is 2. The van der Waals surface area contributed by atoms with Crippen molar-refractivity contribution >= 4 is 29.1 Å². The van der Waals surface area contributed by atoms with Crippen LogP contribution in [-0.4, -0.2) is 44.7 Å². The second kappa shape index (κ2) is 8.21. The molecule has 2 aromatic rings. The second-order valence-electron chi connectivity index (χ2n) is 5.86. The van der Waals surface area contributed by atoms with E-state index in [4.69, 9.17) is 21.1 Å². The molecule has 1 heterocycles. The van der Waals surface area contributed by atoms with Crippen LogP contribution >= 0.6 is 11.6 Å². The zero-order chi connectivity index (χ0) is 18.5. The third kappa shape index (κ3) is 4.33. The first-order chi connectivity index (χ1) is 12.6. The highest BCUT2D eigenvalue weighted by atomic mass is 35.5. The number of nitrogens with one attached hydrogen (secondary N) is 1. The minimum Gasteiger partial charge on any atom is -0.497 e. The van der Waals surface area contributed by atoms with Crippen LogP contribution in [0.4, 0.5) is 5.69 Å². The van der Waals surface area contributed by atoms with Gasteiger partial charge in [0.25, 0.3) is 11.8 Å². The minimum atomic E-state index is -0.294. The van der Waals surface area contributed by atoms with Gasteiger partial charge in [0.2, 0.25) is 0 Å². The summed E-state index contributed by atoms with van der Waals surface area (Å²) in [5, 5.41) is 3.45. The Morgan fingerprint density at radius 3 is 2.81 bits per heavy atom. The molecule has 1 saturated heterocycles. The number of benzene rings is 2. The zero-order valence-electron chi connectivity index (χ0n) is 14.3. The fourth-order valence-electron chi connectivity index (χ4n) is 2.69. The zero-order valence-corrected chi connectivity index (χ0v) is 15.0. The van der Waals surface area contributed by atoms with Crippen LogP contribution in [0.25, 0.3) is 0 Å². The molecule has 26 heavy (non-hydrogen) atoms. The summed E-state index contributed by atoms with van der Waals surface area (Å²) in [6.07, 6.45) is -0.294. The summed E-state index contributed by atoms with van der Waals surface area (Å²) < 4.78 is 10.7. The summed E-state index contributed by atoms with van der Waals surface area (Å²) in [6, 6.07) is 14.0. The van der Waals surface area contributed by atoms with E-state index in [1.807, 2.05) is 0 Å². The van der Waals surface area contributed by atoms with Gasteiger partial charge in [-0.05, 0) is 42.5 Å². The fourth-order valence-corrected chi connectivity index (χ4v) is 2.82. The van der Waals surface area contributed by atoms with Crippen molar-refractivity contribution in [1.29, 1.82) is 0 Å². The molecule has 2 amide bonds. The van der Waals surface area contributed by atoms with Gasteiger partial charge in [-0.3, -0.25) is 9.59 Å². The molecule has 0 saturated carbocycles. The van der Waals surface area contributed by atoms with E-state index in [9.17, 15) is 9.59 Å².